The van der Waals surface area contributed by atoms with E-state index < -0.39 is 0 Å². The average molecular weight is 218 g/mol. The van der Waals surface area contributed by atoms with Crippen molar-refractivity contribution in [2.75, 3.05) is 0 Å². The lowest BCUT2D eigenvalue weighted by molar-refractivity contribution is 0.940. The van der Waals surface area contributed by atoms with Gasteiger partial charge in [-0.25, -0.2) is 9.50 Å². The van der Waals surface area contributed by atoms with Crippen molar-refractivity contribution in [3.63, 3.8) is 0 Å². The van der Waals surface area contributed by atoms with Crippen LogP contribution >= 0.6 is 23.2 Å². The molecule has 0 aliphatic heterocycles. The number of halogens is 2. The topological polar surface area (TPSA) is 30.2 Å². The zero-order valence-corrected chi connectivity index (χ0v) is 8.84. The van der Waals surface area contributed by atoms with Crippen molar-refractivity contribution >= 4 is 28.8 Å². The van der Waals surface area contributed by atoms with Gasteiger partial charge in [0.15, 0.2) is 5.65 Å². The van der Waals surface area contributed by atoms with Gasteiger partial charge in [0.25, 0.3) is 0 Å². The van der Waals surface area contributed by atoms with Gasteiger partial charge >= 0.3 is 0 Å². The fourth-order valence-electron chi connectivity index (χ4n) is 0.847. The van der Waals surface area contributed by atoms with Crippen molar-refractivity contribution in [3.8, 4) is 0 Å². The van der Waals surface area contributed by atoms with E-state index in [0.29, 0.717) is 16.0 Å². The van der Waals surface area contributed by atoms with Crippen molar-refractivity contribution in [1.82, 2.24) is 14.6 Å². The first-order valence-electron chi connectivity index (χ1n) is 3.93. The van der Waals surface area contributed by atoms with Gasteiger partial charge in [-0.3, -0.25) is 0 Å². The summed E-state index contributed by atoms with van der Waals surface area (Å²) in [5.74, 6) is 0. The highest BCUT2D eigenvalue weighted by Gasteiger charge is 2.00. The molecule has 0 aromatic carbocycles. The van der Waals surface area contributed by atoms with E-state index in [9.17, 15) is 0 Å². The Morgan fingerprint density at radius 2 is 2.00 bits per heavy atom. The van der Waals surface area contributed by atoms with Gasteiger partial charge in [0.2, 0.25) is 0 Å². The van der Waals surface area contributed by atoms with Crippen LogP contribution in [0.25, 0.3) is 5.65 Å². The van der Waals surface area contributed by atoms with Gasteiger partial charge in [0.05, 0.1) is 6.20 Å². The Hall–Kier alpha value is -0.800. The maximum absolute atomic E-state index is 5.78. The van der Waals surface area contributed by atoms with E-state index in [1.807, 2.05) is 13.8 Å². The molecule has 70 valence electrons. The molecule has 0 aliphatic rings. The number of hydrogen-bond acceptors (Lipinski definition) is 2. The Balaban J connectivity index is 0.000000396. The van der Waals surface area contributed by atoms with Crippen LogP contribution in [0.1, 0.15) is 13.8 Å². The van der Waals surface area contributed by atoms with Crippen molar-refractivity contribution < 1.29 is 0 Å². The molecule has 0 fully saturated rings. The Labute approximate surface area is 86.3 Å². The van der Waals surface area contributed by atoms with Crippen LogP contribution in [0.4, 0.5) is 0 Å². The Bertz CT molecular complexity index is 397. The molecule has 0 aliphatic carbocycles. The summed E-state index contributed by atoms with van der Waals surface area (Å²) in [4.78, 5) is 3.98. The van der Waals surface area contributed by atoms with E-state index in [-0.39, 0.29) is 0 Å². The van der Waals surface area contributed by atoms with Crippen LogP contribution in [0.5, 0.6) is 0 Å². The molecule has 0 radical (unpaired) electrons. The van der Waals surface area contributed by atoms with Crippen LogP contribution in [0.15, 0.2) is 18.3 Å². The molecule has 0 amide bonds. The lowest BCUT2D eigenvalue weighted by Crippen LogP contribution is -1.91. The molecule has 5 heteroatoms. The Kier molecular flexibility index (Phi) is 3.51. The fourth-order valence-corrected chi connectivity index (χ4v) is 1.33. The summed E-state index contributed by atoms with van der Waals surface area (Å²) < 4.78 is 1.51. The lowest BCUT2D eigenvalue weighted by atomic mass is 10.6. The van der Waals surface area contributed by atoms with Crippen molar-refractivity contribution in [3.05, 3.63) is 28.6 Å². The largest absolute Gasteiger partial charge is 0.217 e. The third-order valence-corrected chi connectivity index (χ3v) is 1.75. The monoisotopic (exact) mass is 217 g/mol. The third kappa shape index (κ3) is 2.11. The molecule has 13 heavy (non-hydrogen) atoms. The minimum Gasteiger partial charge on any atom is -0.217 e. The molecule has 0 atom stereocenters. The first-order chi connectivity index (χ1) is 6.27. The number of fused-ring (bicyclic) bond motifs is 1. The molecular formula is C8H9Cl2N3. The molecule has 0 saturated carbocycles. The van der Waals surface area contributed by atoms with E-state index in [2.05, 4.69) is 10.1 Å². The van der Waals surface area contributed by atoms with Crippen molar-refractivity contribution in [1.29, 1.82) is 0 Å². The first-order valence-corrected chi connectivity index (χ1v) is 4.69. The molecule has 2 heterocycles. The molecule has 0 unspecified atom stereocenters. The lowest BCUT2D eigenvalue weighted by Gasteiger charge is -1.95. The van der Waals surface area contributed by atoms with Gasteiger partial charge in [0, 0.05) is 12.1 Å². The number of hydrogen-bond donors (Lipinski definition) is 0. The standard InChI is InChI=1S/C6H3Cl2N3.C2H6/c7-4-3-5(8)11-6(10-4)1-2-9-11;1-2/h1-3H;1-2H3. The average Bonchev–Trinajstić information content (AvgIpc) is 2.55. The minimum atomic E-state index is 0.378. The highest BCUT2D eigenvalue weighted by Crippen LogP contribution is 2.14. The summed E-state index contributed by atoms with van der Waals surface area (Å²) in [5, 5.41) is 4.76. The predicted octanol–water partition coefficient (Wildman–Crippen LogP) is 3.06. The summed E-state index contributed by atoms with van der Waals surface area (Å²) in [6.45, 7) is 4.00. The smallest absolute Gasteiger partial charge is 0.158 e. The summed E-state index contributed by atoms with van der Waals surface area (Å²) in [6.07, 6.45) is 1.62. The first kappa shape index (κ1) is 10.3. The molecule has 2 aromatic heterocycles. The zero-order chi connectivity index (χ0) is 9.84. The van der Waals surface area contributed by atoms with Gasteiger partial charge in [-0.15, -0.1) is 0 Å². The van der Waals surface area contributed by atoms with E-state index >= 15 is 0 Å². The molecule has 0 spiro atoms. The fraction of sp³-hybridized carbons (Fsp3) is 0.250. The van der Waals surface area contributed by atoms with Crippen molar-refractivity contribution in [2.24, 2.45) is 0 Å². The molecule has 0 N–H and O–H groups in total. The summed E-state index contributed by atoms with van der Waals surface area (Å²) >= 11 is 11.4. The normalized spacial score (nSPS) is 9.54. The highest BCUT2D eigenvalue weighted by molar-refractivity contribution is 6.33. The van der Waals surface area contributed by atoms with E-state index in [1.165, 1.54) is 4.52 Å². The van der Waals surface area contributed by atoms with Crippen molar-refractivity contribution in [2.45, 2.75) is 13.8 Å². The third-order valence-electron chi connectivity index (χ3n) is 1.28. The van der Waals surface area contributed by atoms with Crippen LogP contribution in [-0.2, 0) is 0 Å². The maximum atomic E-state index is 5.78. The van der Waals surface area contributed by atoms with E-state index in [0.717, 1.165) is 0 Å². The van der Waals surface area contributed by atoms with E-state index in [1.54, 1.807) is 18.3 Å². The molecule has 3 nitrogen and oxygen atoms in total. The summed E-state index contributed by atoms with van der Waals surface area (Å²) in [6, 6.07) is 3.28. The second kappa shape index (κ2) is 4.44. The summed E-state index contributed by atoms with van der Waals surface area (Å²) in [5.41, 5.74) is 0.655. The van der Waals surface area contributed by atoms with Gasteiger partial charge in [0.1, 0.15) is 10.3 Å². The molecule has 0 bridgehead atoms. The second-order valence-corrected chi connectivity index (χ2v) is 2.78. The SMILES string of the molecule is CC.Clc1cc(Cl)n2nccc2n1. The minimum absolute atomic E-state index is 0.378. The molecule has 2 rings (SSSR count). The Morgan fingerprint density at radius 3 is 2.69 bits per heavy atom. The van der Waals surface area contributed by atoms with Gasteiger partial charge < -0.3 is 0 Å². The number of rotatable bonds is 0. The number of nitrogens with zero attached hydrogens (tertiary/aromatic N) is 3. The van der Waals surface area contributed by atoms with Gasteiger partial charge in [-0.2, -0.15) is 5.10 Å². The molecule has 2 aromatic rings. The summed E-state index contributed by atoms with van der Waals surface area (Å²) in [7, 11) is 0. The van der Waals surface area contributed by atoms with Gasteiger partial charge in [-0.05, 0) is 0 Å². The second-order valence-electron chi connectivity index (χ2n) is 2.00. The number of aromatic nitrogens is 3. The van der Waals surface area contributed by atoms with Gasteiger partial charge in [-0.1, -0.05) is 37.0 Å². The highest BCUT2D eigenvalue weighted by atomic mass is 35.5. The quantitative estimate of drug-likeness (QED) is 0.636. The van der Waals surface area contributed by atoms with Crippen LogP contribution in [-0.4, -0.2) is 14.6 Å². The van der Waals surface area contributed by atoms with Crippen LogP contribution < -0.4 is 0 Å². The predicted molar refractivity (Wildman–Crippen MR) is 54.4 cm³/mol. The molecule has 0 saturated heterocycles. The van der Waals surface area contributed by atoms with Crippen LogP contribution in [0.3, 0.4) is 0 Å². The van der Waals surface area contributed by atoms with Crippen LogP contribution in [0, 0.1) is 0 Å². The van der Waals surface area contributed by atoms with E-state index in [4.69, 9.17) is 23.2 Å². The molecular weight excluding hydrogens is 209 g/mol. The maximum Gasteiger partial charge on any atom is 0.158 e. The van der Waals surface area contributed by atoms with Crippen LogP contribution in [0.2, 0.25) is 10.3 Å². The zero-order valence-electron chi connectivity index (χ0n) is 7.33. The Morgan fingerprint density at radius 1 is 1.31 bits per heavy atom.